The van der Waals surface area contributed by atoms with Gasteiger partial charge in [0.15, 0.2) is 0 Å². The molecule has 4 rings (SSSR count). The van der Waals surface area contributed by atoms with E-state index >= 15 is 0 Å². The van der Waals surface area contributed by atoms with Crippen LogP contribution in [0.5, 0.6) is 5.75 Å². The first-order valence-corrected chi connectivity index (χ1v) is 13.6. The summed E-state index contributed by atoms with van der Waals surface area (Å²) >= 11 is 11.6. The minimum atomic E-state index is -3.37. The van der Waals surface area contributed by atoms with Crippen molar-refractivity contribution < 1.29 is 58.2 Å². The van der Waals surface area contributed by atoms with Crippen molar-refractivity contribution in [2.75, 3.05) is 24.8 Å². The third-order valence-corrected chi connectivity index (χ3v) is 8.16. The largest absolute Gasteiger partial charge is 1.00 e. The molecule has 3 aliphatic rings. The van der Waals surface area contributed by atoms with Gasteiger partial charge in [0.1, 0.15) is 5.75 Å². The smallest absolute Gasteiger partial charge is 0.744 e. The monoisotopic (exact) mass is 541 g/mol. The molecule has 0 aromatic heterocycles. The molecule has 7 nitrogen and oxygen atoms in total. The first-order chi connectivity index (χ1) is 15.7. The molecular formula is C23H31Cl2NNaO6P. The molecule has 34 heavy (non-hydrogen) atoms. The van der Waals surface area contributed by atoms with E-state index in [0.29, 0.717) is 48.4 Å². The predicted octanol–water partition coefficient (Wildman–Crippen LogP) is 1.62. The second kappa shape index (κ2) is 13.4. The maximum atomic E-state index is 12.4. The molecule has 0 radical (unpaired) electrons. The Morgan fingerprint density at radius 3 is 2.47 bits per heavy atom. The maximum Gasteiger partial charge on any atom is 1.00 e. The van der Waals surface area contributed by atoms with Crippen molar-refractivity contribution in [2.24, 2.45) is 17.3 Å². The van der Waals surface area contributed by atoms with Gasteiger partial charge in [-0.1, -0.05) is 13.0 Å². The van der Waals surface area contributed by atoms with Crippen LogP contribution in [-0.4, -0.2) is 47.1 Å². The molecule has 2 saturated carbocycles. The molecule has 5 atom stereocenters. The second-order valence-corrected chi connectivity index (χ2v) is 10.6. The first kappa shape index (κ1) is 30.1. The van der Waals surface area contributed by atoms with E-state index < -0.39 is 14.0 Å². The number of ether oxygens (including phenoxy) is 1. The summed E-state index contributed by atoms with van der Waals surface area (Å²) in [5, 5.41) is 10.5. The Balaban J connectivity index is 0.000000758. The fourth-order valence-corrected chi connectivity index (χ4v) is 6.67. The summed E-state index contributed by atoms with van der Waals surface area (Å²) in [4.78, 5) is 22.5. The van der Waals surface area contributed by atoms with E-state index in [-0.39, 0.29) is 41.1 Å². The number of hydrogen-bond donors (Lipinski definition) is 1. The van der Waals surface area contributed by atoms with Crippen LogP contribution in [0.3, 0.4) is 0 Å². The minimum Gasteiger partial charge on any atom is -0.744 e. The fraction of sp³-hybridized carbons (Fsp3) is 0.696. The van der Waals surface area contributed by atoms with Gasteiger partial charge in [-0.3, -0.25) is 9.13 Å². The van der Waals surface area contributed by atoms with Crippen molar-refractivity contribution in [3.63, 3.8) is 0 Å². The Bertz CT molecular complexity index is 905. The van der Waals surface area contributed by atoms with Crippen LogP contribution in [-0.2, 0) is 15.6 Å². The zero-order valence-electron chi connectivity index (χ0n) is 19.8. The van der Waals surface area contributed by atoms with E-state index in [9.17, 15) is 9.90 Å². The standard InChI is InChI=1S/C23H31Cl2NO3.Na.HO3P/c1-23-9-8-18-17-5-3-16(29-22(28)26(12-10-24)13-11-25)14-15(17)2-4-19(18)20(23)6-7-21(23)27;;1-4(2)3/h3,5,14,18-21,27H,2,4,6-13H2,1H3;;(H,1,2,3)/q;+1;/p-1/t18-,19-,20+,21+,23+;;/m1../s1. The molecule has 0 heterocycles. The molecule has 0 spiro atoms. The van der Waals surface area contributed by atoms with Gasteiger partial charge in [-0.15, -0.1) is 23.2 Å². The van der Waals surface area contributed by atoms with Gasteiger partial charge < -0.3 is 19.6 Å². The van der Waals surface area contributed by atoms with Crippen LogP contribution in [0.15, 0.2) is 18.2 Å². The molecule has 1 aromatic rings. The molecule has 1 N–H and O–H groups in total. The number of carbonyl (C=O) groups is 1. The number of aliphatic hydroxyl groups excluding tert-OH is 1. The molecule has 11 heteroatoms. The number of aliphatic hydroxyl groups is 1. The Morgan fingerprint density at radius 1 is 1.21 bits per heavy atom. The van der Waals surface area contributed by atoms with Crippen LogP contribution in [0.1, 0.15) is 56.1 Å². The van der Waals surface area contributed by atoms with Gasteiger partial charge in [0, 0.05) is 24.8 Å². The van der Waals surface area contributed by atoms with Gasteiger partial charge in [-0.25, -0.2) is 4.79 Å². The number of benzene rings is 1. The van der Waals surface area contributed by atoms with Crippen LogP contribution < -0.4 is 39.2 Å². The molecule has 1 aromatic carbocycles. The third-order valence-electron chi connectivity index (χ3n) is 7.82. The molecule has 3 aliphatic carbocycles. The fourth-order valence-electron chi connectivity index (χ4n) is 6.26. The van der Waals surface area contributed by atoms with Crippen LogP contribution in [0.4, 0.5) is 4.79 Å². The number of amides is 1. The zero-order valence-corrected chi connectivity index (χ0v) is 24.2. The summed E-state index contributed by atoms with van der Waals surface area (Å²) in [5.74, 6) is 3.16. The van der Waals surface area contributed by atoms with Crippen molar-refractivity contribution in [3.05, 3.63) is 29.3 Å². The van der Waals surface area contributed by atoms with Crippen molar-refractivity contribution in [2.45, 2.75) is 57.5 Å². The number of halogens is 2. The molecule has 0 aliphatic heterocycles. The number of hydrogen-bond acceptors (Lipinski definition) is 6. The van der Waals surface area contributed by atoms with Gasteiger partial charge >= 0.3 is 35.7 Å². The van der Waals surface area contributed by atoms with E-state index in [0.717, 1.165) is 38.5 Å². The van der Waals surface area contributed by atoms with Crippen LogP contribution in [0, 0.1) is 17.3 Å². The van der Waals surface area contributed by atoms with Gasteiger partial charge in [0.05, 0.1) is 6.10 Å². The van der Waals surface area contributed by atoms with Crippen LogP contribution in [0.25, 0.3) is 0 Å². The predicted molar refractivity (Wildman–Crippen MR) is 124 cm³/mol. The summed E-state index contributed by atoms with van der Waals surface area (Å²) in [6, 6.07) is 6.13. The summed E-state index contributed by atoms with van der Waals surface area (Å²) in [6.45, 7) is 3.15. The average molecular weight is 542 g/mol. The SMILES string of the molecule is C[C@]12CC[C@@H]3c4ccc(OC(=O)N(CCCl)CCCl)cc4CC[C@H]3[C@@H]1CC[C@@H]2O.O=P(=O)[O-].[Na+]. The minimum absolute atomic E-state index is 0. The van der Waals surface area contributed by atoms with E-state index in [4.69, 9.17) is 42.0 Å². The number of rotatable bonds is 5. The molecule has 2 fully saturated rings. The van der Waals surface area contributed by atoms with Crippen molar-refractivity contribution >= 4 is 37.2 Å². The van der Waals surface area contributed by atoms with E-state index in [2.05, 4.69) is 13.0 Å². The van der Waals surface area contributed by atoms with Gasteiger partial charge in [-0.2, -0.15) is 0 Å². The molecular weight excluding hydrogens is 511 g/mol. The normalized spacial score (nSPS) is 28.7. The van der Waals surface area contributed by atoms with E-state index in [1.54, 1.807) is 4.90 Å². The molecule has 0 bridgehead atoms. The number of aryl methyl sites for hydroxylation is 1. The summed E-state index contributed by atoms with van der Waals surface area (Å²) in [7, 11) is -3.37. The molecule has 0 unspecified atom stereocenters. The topological polar surface area (TPSA) is 107 Å². The number of nitrogens with zero attached hydrogens (tertiary/aromatic N) is 1. The van der Waals surface area contributed by atoms with Crippen molar-refractivity contribution in [1.29, 1.82) is 0 Å². The number of alkyl halides is 2. The Hall–Kier alpha value is -0.110. The van der Waals surface area contributed by atoms with Crippen molar-refractivity contribution in [1.82, 2.24) is 4.90 Å². The Labute approximate surface area is 233 Å². The molecule has 184 valence electrons. The van der Waals surface area contributed by atoms with Gasteiger partial charge in [0.25, 0.3) is 0 Å². The summed E-state index contributed by atoms with van der Waals surface area (Å²) in [5.41, 5.74) is 2.82. The molecule has 0 saturated heterocycles. The van der Waals surface area contributed by atoms with E-state index in [1.807, 2.05) is 12.1 Å². The quantitative estimate of drug-likeness (QED) is 0.345. The van der Waals surface area contributed by atoms with Crippen LogP contribution in [0.2, 0.25) is 0 Å². The summed E-state index contributed by atoms with van der Waals surface area (Å²) < 4.78 is 22.6. The summed E-state index contributed by atoms with van der Waals surface area (Å²) in [6.07, 6.45) is 5.98. The second-order valence-electron chi connectivity index (χ2n) is 9.37. The first-order valence-electron chi connectivity index (χ1n) is 11.4. The van der Waals surface area contributed by atoms with Crippen LogP contribution >= 0.6 is 31.1 Å². The Morgan fingerprint density at radius 2 is 1.85 bits per heavy atom. The Kier molecular flexibility index (Phi) is 11.9. The zero-order chi connectivity index (χ0) is 24.2. The maximum absolute atomic E-state index is 12.4. The van der Waals surface area contributed by atoms with Gasteiger partial charge in [-0.05, 0) is 85.0 Å². The van der Waals surface area contributed by atoms with Crippen molar-refractivity contribution in [3.8, 4) is 5.75 Å². The van der Waals surface area contributed by atoms with Gasteiger partial charge in [0.2, 0.25) is 7.91 Å². The van der Waals surface area contributed by atoms with E-state index in [1.165, 1.54) is 11.1 Å². The average Bonchev–Trinajstić information content (AvgIpc) is 3.07. The molecule has 1 amide bonds. The number of fused-ring (bicyclic) bond motifs is 5. The number of carbonyl (C=O) groups excluding carboxylic acids is 1. The third kappa shape index (κ3) is 6.80.